The molecule has 0 aromatic heterocycles. The summed E-state index contributed by atoms with van der Waals surface area (Å²) < 4.78 is 27.8. The van der Waals surface area contributed by atoms with E-state index in [9.17, 15) is 9.59 Å². The molecule has 1 fully saturated rings. The van der Waals surface area contributed by atoms with Crippen LogP contribution in [0.25, 0.3) is 0 Å². The van der Waals surface area contributed by atoms with Crippen LogP contribution in [0.2, 0.25) is 0 Å². The average molecular weight is 573 g/mol. The van der Waals surface area contributed by atoms with E-state index in [4.69, 9.17) is 28.9 Å². The first-order valence-corrected chi connectivity index (χ1v) is 14.4. The molecule has 2 aromatic rings. The summed E-state index contributed by atoms with van der Waals surface area (Å²) >= 11 is 0. The molecule has 41 heavy (non-hydrogen) atoms. The van der Waals surface area contributed by atoms with Gasteiger partial charge in [0, 0.05) is 18.7 Å². The topological polar surface area (TPSA) is 116 Å². The number of carbonyl (C=O) groups is 2. The van der Waals surface area contributed by atoms with Crippen LogP contribution >= 0.6 is 0 Å². The normalized spacial score (nSPS) is 16.9. The molecule has 0 saturated carbocycles. The molecule has 10 heteroatoms. The van der Waals surface area contributed by atoms with Crippen molar-refractivity contribution in [2.24, 2.45) is 0 Å². The number of rotatable bonds is 8. The molecule has 0 radical (unpaired) electrons. The summed E-state index contributed by atoms with van der Waals surface area (Å²) in [7, 11) is 0. The minimum Gasteiger partial charge on any atom is -0.377 e. The van der Waals surface area contributed by atoms with Crippen LogP contribution in [0.15, 0.2) is 48.5 Å². The molecule has 1 aliphatic heterocycles. The van der Waals surface area contributed by atoms with Gasteiger partial charge in [0.1, 0.15) is 0 Å². The minimum absolute atomic E-state index is 0.0391. The highest BCUT2D eigenvalue weighted by Gasteiger charge is 2.16. The van der Waals surface area contributed by atoms with Gasteiger partial charge in [0.05, 0.1) is 72.5 Å². The number of hydrogen-bond donors (Lipinski definition) is 2. The number of benzene rings is 2. The molecule has 2 amide bonds. The highest BCUT2D eigenvalue weighted by molar-refractivity contribution is 5.94. The van der Waals surface area contributed by atoms with Gasteiger partial charge < -0.3 is 28.6 Å². The van der Waals surface area contributed by atoms with Crippen LogP contribution in [-0.4, -0.2) is 101 Å². The Morgan fingerprint density at radius 3 is 1.44 bits per heavy atom. The Morgan fingerprint density at radius 1 is 0.610 bits per heavy atom. The van der Waals surface area contributed by atoms with E-state index in [1.807, 2.05) is 48.5 Å². The highest BCUT2D eigenvalue weighted by atomic mass is 16.6. The predicted octanol–water partition coefficient (Wildman–Crippen LogP) is 2.84. The Morgan fingerprint density at radius 2 is 1.00 bits per heavy atom. The summed E-state index contributed by atoms with van der Waals surface area (Å²) in [5.41, 5.74) is 5.59. The quantitative estimate of drug-likeness (QED) is 0.282. The highest BCUT2D eigenvalue weighted by Crippen LogP contribution is 2.13. The van der Waals surface area contributed by atoms with Gasteiger partial charge in [-0.2, -0.15) is 0 Å². The second-order valence-electron chi connectivity index (χ2n) is 9.79. The zero-order valence-corrected chi connectivity index (χ0v) is 23.9. The zero-order chi connectivity index (χ0) is 29.0. The van der Waals surface area contributed by atoms with E-state index < -0.39 is 5.91 Å². The molecule has 0 unspecified atom stereocenters. The van der Waals surface area contributed by atoms with Gasteiger partial charge >= 0.3 is 0 Å². The van der Waals surface area contributed by atoms with Gasteiger partial charge in [0.2, 0.25) is 5.91 Å². The van der Waals surface area contributed by atoms with Crippen molar-refractivity contribution in [2.75, 3.05) is 79.2 Å². The van der Waals surface area contributed by atoms with Crippen LogP contribution in [0, 0.1) is 0 Å². The molecular weight excluding hydrogens is 528 g/mol. The van der Waals surface area contributed by atoms with Crippen molar-refractivity contribution < 1.29 is 38.5 Å². The summed E-state index contributed by atoms with van der Waals surface area (Å²) in [5.74, 6) is -0.459. The molecule has 3 rings (SSSR count). The summed E-state index contributed by atoms with van der Waals surface area (Å²) in [6.45, 7) is 5.74. The molecule has 0 aliphatic carbocycles. The Bertz CT molecular complexity index is 982. The number of ether oxygens (including phenoxy) is 5. The number of nitrogens with zero attached hydrogens (tertiary/aromatic N) is 1. The maximum Gasteiger partial charge on any atom is 0.254 e. The van der Waals surface area contributed by atoms with E-state index in [0.717, 1.165) is 31.2 Å². The Balaban J connectivity index is 1.42. The fraction of sp³-hybridized carbons (Fsp3) is 0.548. The lowest BCUT2D eigenvalue weighted by atomic mass is 10.0. The fourth-order valence-corrected chi connectivity index (χ4v) is 4.35. The SMILES string of the molecule is O=C(Cc1ccc(CCCCc2ccc(C(=O)N3CCOCCOCCOCCOCCOCC3)cc2)cc1)NO. The first kappa shape index (κ1) is 32.7. The van der Waals surface area contributed by atoms with E-state index in [1.165, 1.54) is 11.1 Å². The Labute approximate surface area is 242 Å². The molecule has 10 nitrogen and oxygen atoms in total. The average Bonchev–Trinajstić information content (AvgIpc) is 3.00. The summed E-state index contributed by atoms with van der Waals surface area (Å²) in [5, 5.41) is 8.65. The minimum atomic E-state index is -0.420. The van der Waals surface area contributed by atoms with Crippen molar-refractivity contribution in [2.45, 2.75) is 32.1 Å². The van der Waals surface area contributed by atoms with Crippen LogP contribution in [0.1, 0.15) is 39.9 Å². The Kier molecular flexibility index (Phi) is 16.0. The number of hydroxylamine groups is 1. The lowest BCUT2D eigenvalue weighted by Crippen LogP contribution is -2.37. The van der Waals surface area contributed by atoms with Gasteiger partial charge in [-0.1, -0.05) is 36.4 Å². The third-order valence-corrected chi connectivity index (χ3v) is 6.68. The molecule has 0 atom stereocenters. The van der Waals surface area contributed by atoms with Crippen molar-refractivity contribution >= 4 is 11.8 Å². The van der Waals surface area contributed by atoms with E-state index in [-0.39, 0.29) is 12.3 Å². The van der Waals surface area contributed by atoms with Crippen LogP contribution in [0.4, 0.5) is 0 Å². The monoisotopic (exact) mass is 572 g/mol. The second-order valence-corrected chi connectivity index (χ2v) is 9.79. The number of aryl methyl sites for hydroxylation is 2. The van der Waals surface area contributed by atoms with Crippen molar-refractivity contribution in [1.82, 2.24) is 10.4 Å². The molecule has 0 bridgehead atoms. The zero-order valence-electron chi connectivity index (χ0n) is 23.9. The molecule has 0 spiro atoms. The van der Waals surface area contributed by atoms with Gasteiger partial charge in [0.25, 0.3) is 5.91 Å². The van der Waals surface area contributed by atoms with E-state index >= 15 is 0 Å². The lowest BCUT2D eigenvalue weighted by Gasteiger charge is -2.23. The van der Waals surface area contributed by atoms with Gasteiger partial charge in [-0.3, -0.25) is 14.8 Å². The van der Waals surface area contributed by atoms with Gasteiger partial charge in [-0.15, -0.1) is 0 Å². The molecule has 1 heterocycles. The van der Waals surface area contributed by atoms with Crippen molar-refractivity contribution in [3.63, 3.8) is 0 Å². The van der Waals surface area contributed by atoms with Crippen LogP contribution < -0.4 is 5.48 Å². The third kappa shape index (κ3) is 13.6. The van der Waals surface area contributed by atoms with Gasteiger partial charge in [-0.25, -0.2) is 5.48 Å². The van der Waals surface area contributed by atoms with Crippen LogP contribution in [0.3, 0.4) is 0 Å². The summed E-state index contributed by atoms with van der Waals surface area (Å²) in [6, 6.07) is 15.7. The molecule has 1 aliphatic rings. The number of nitrogens with one attached hydrogen (secondary N) is 1. The van der Waals surface area contributed by atoms with E-state index in [2.05, 4.69) is 0 Å². The lowest BCUT2D eigenvalue weighted by molar-refractivity contribution is -0.128. The van der Waals surface area contributed by atoms with Crippen molar-refractivity contribution in [3.05, 3.63) is 70.8 Å². The maximum atomic E-state index is 13.3. The third-order valence-electron chi connectivity index (χ3n) is 6.68. The number of carbonyl (C=O) groups excluding carboxylic acids is 2. The maximum absolute atomic E-state index is 13.3. The van der Waals surface area contributed by atoms with E-state index in [0.29, 0.717) is 84.7 Å². The molecule has 1 saturated heterocycles. The van der Waals surface area contributed by atoms with Crippen molar-refractivity contribution in [3.8, 4) is 0 Å². The summed E-state index contributed by atoms with van der Waals surface area (Å²) in [4.78, 5) is 26.3. The predicted molar refractivity (Wildman–Crippen MR) is 153 cm³/mol. The largest absolute Gasteiger partial charge is 0.377 e. The molecule has 2 aromatic carbocycles. The van der Waals surface area contributed by atoms with Gasteiger partial charge in [0.15, 0.2) is 0 Å². The number of unbranched alkanes of at least 4 members (excludes halogenated alkanes) is 1. The first-order valence-electron chi connectivity index (χ1n) is 14.4. The Hall–Kier alpha value is -2.86. The fourth-order valence-electron chi connectivity index (χ4n) is 4.35. The molecule has 226 valence electrons. The second kappa shape index (κ2) is 20.1. The molecule has 2 N–H and O–H groups in total. The van der Waals surface area contributed by atoms with Crippen molar-refractivity contribution in [1.29, 1.82) is 0 Å². The summed E-state index contributed by atoms with van der Waals surface area (Å²) in [6.07, 6.45) is 4.12. The number of amides is 2. The molecular formula is C31H44N2O8. The van der Waals surface area contributed by atoms with Crippen LogP contribution in [-0.2, 0) is 47.7 Å². The smallest absolute Gasteiger partial charge is 0.254 e. The van der Waals surface area contributed by atoms with Crippen LogP contribution in [0.5, 0.6) is 0 Å². The van der Waals surface area contributed by atoms with E-state index in [1.54, 1.807) is 10.4 Å². The van der Waals surface area contributed by atoms with Gasteiger partial charge in [-0.05, 0) is 54.5 Å². The first-order chi connectivity index (χ1) is 20.2. The number of hydrogen-bond acceptors (Lipinski definition) is 8. The standard InChI is InChI=1S/C31H44N2O8/c34-30(32-36)25-28-7-5-26(6-8-28)3-1-2-4-27-9-11-29(12-10-27)31(35)33-13-15-37-17-19-39-21-23-41-24-22-40-20-18-38-16-14-33/h5-12,36H,1-4,13-25H2,(H,32,34).